The molecule has 0 spiro atoms. The molecule has 5 aromatic rings. The van der Waals surface area contributed by atoms with Gasteiger partial charge in [-0.3, -0.25) is 0 Å². The quantitative estimate of drug-likeness (QED) is 0.205. The number of hydrogen-bond donors (Lipinski definition) is 0. The van der Waals surface area contributed by atoms with E-state index in [2.05, 4.69) is 149 Å². The molecule has 0 saturated heterocycles. The number of allylic oxidation sites excluding steroid dienone is 1. The Morgan fingerprint density at radius 2 is 1.07 bits per heavy atom. The lowest BCUT2D eigenvalue weighted by Crippen LogP contribution is -2.41. The molecule has 5 aromatic carbocycles. The molecule has 0 N–H and O–H groups in total. The summed E-state index contributed by atoms with van der Waals surface area (Å²) in [5.41, 5.74) is 16.5. The minimum atomic E-state index is -0.346. The first-order valence-corrected chi connectivity index (χ1v) is 15.2. The minimum absolute atomic E-state index is 0.162. The summed E-state index contributed by atoms with van der Waals surface area (Å²) in [5, 5.41) is 0. The summed E-state index contributed by atoms with van der Waals surface area (Å²) < 4.78 is 0. The molecule has 0 nitrogen and oxygen atoms in total. The highest BCUT2D eigenvalue weighted by atomic mass is 14.6. The number of benzene rings is 5. The lowest BCUT2D eigenvalue weighted by molar-refractivity contribution is 0.405. The number of fused-ring (bicyclic) bond motifs is 4. The third kappa shape index (κ3) is 3.88. The van der Waals surface area contributed by atoms with Crippen LogP contribution in [-0.2, 0) is 18.3 Å². The molecule has 0 saturated carbocycles. The van der Waals surface area contributed by atoms with Gasteiger partial charge in [0.05, 0.1) is 0 Å². The summed E-state index contributed by atoms with van der Waals surface area (Å²) in [5.74, 6) is 0.358. The van der Waals surface area contributed by atoms with Crippen LogP contribution in [0.25, 0.3) is 17.2 Å². The van der Waals surface area contributed by atoms with Gasteiger partial charge in [-0.1, -0.05) is 146 Å². The van der Waals surface area contributed by atoms with E-state index in [-0.39, 0.29) is 17.3 Å². The number of hydrogen-bond acceptors (Lipinski definition) is 0. The van der Waals surface area contributed by atoms with Crippen LogP contribution in [0.1, 0.15) is 82.7 Å². The smallest absolute Gasteiger partial charge is 0.0418 e. The van der Waals surface area contributed by atoms with Crippen molar-refractivity contribution in [3.05, 3.63) is 171 Å². The average molecular weight is 531 g/mol. The zero-order valence-corrected chi connectivity index (χ0v) is 24.6. The van der Waals surface area contributed by atoms with E-state index in [1.807, 2.05) is 0 Å². The SMILES string of the molecule is CCc1ccc2c(c1)C(C(c1ccccc1)(c1ccccc1)C1C(C)=Cc3ccc(C)cc31)c1cc(CC)ccc1-2. The van der Waals surface area contributed by atoms with E-state index >= 15 is 0 Å². The highest BCUT2D eigenvalue weighted by Crippen LogP contribution is 2.64. The molecule has 41 heavy (non-hydrogen) atoms. The molecule has 0 amide bonds. The van der Waals surface area contributed by atoms with Crippen LogP contribution in [0.2, 0.25) is 0 Å². The molecule has 0 heterocycles. The lowest BCUT2D eigenvalue weighted by Gasteiger charge is -2.47. The summed E-state index contributed by atoms with van der Waals surface area (Å²) >= 11 is 0. The Bertz CT molecular complexity index is 1680. The van der Waals surface area contributed by atoms with Crippen molar-refractivity contribution in [2.24, 2.45) is 0 Å². The Labute approximate surface area is 245 Å². The van der Waals surface area contributed by atoms with Gasteiger partial charge in [0.2, 0.25) is 0 Å². The minimum Gasteiger partial charge on any atom is -0.0639 e. The van der Waals surface area contributed by atoms with Crippen LogP contribution in [0, 0.1) is 6.92 Å². The summed E-state index contributed by atoms with van der Waals surface area (Å²) in [6.07, 6.45) is 4.51. The molecular formula is C41H38. The average Bonchev–Trinajstić information content (AvgIpc) is 3.52. The first-order valence-electron chi connectivity index (χ1n) is 15.2. The fourth-order valence-corrected chi connectivity index (χ4v) is 7.97. The van der Waals surface area contributed by atoms with Crippen molar-refractivity contribution in [3.8, 4) is 11.1 Å². The van der Waals surface area contributed by atoms with Gasteiger partial charge in [0.1, 0.15) is 0 Å². The monoisotopic (exact) mass is 530 g/mol. The topological polar surface area (TPSA) is 0 Å². The van der Waals surface area contributed by atoms with E-state index in [0.29, 0.717) is 0 Å². The normalized spacial score (nSPS) is 15.8. The van der Waals surface area contributed by atoms with Crippen LogP contribution in [0.15, 0.2) is 121 Å². The van der Waals surface area contributed by atoms with Crippen LogP contribution in [-0.4, -0.2) is 0 Å². The standard InChI is InChI=1S/C41H38/c1-5-29-18-21-34-35-22-19-30(6-2)26-38(35)40(37(34)25-29)41(32-13-9-7-10-14-32,33-15-11-8-12-16-33)39-28(4)24-31-20-17-27(3)23-36(31)39/h7-26,39-40H,5-6H2,1-4H3. The van der Waals surface area contributed by atoms with E-state index in [9.17, 15) is 0 Å². The molecule has 2 aliphatic rings. The maximum Gasteiger partial charge on any atom is 0.0418 e. The number of aryl methyl sites for hydroxylation is 3. The fourth-order valence-electron chi connectivity index (χ4n) is 7.97. The van der Waals surface area contributed by atoms with Crippen LogP contribution < -0.4 is 0 Å². The molecule has 0 bridgehead atoms. The number of rotatable bonds is 6. The van der Waals surface area contributed by atoms with Crippen molar-refractivity contribution < 1.29 is 0 Å². The molecule has 0 aliphatic heterocycles. The van der Waals surface area contributed by atoms with Gasteiger partial charge in [-0.2, -0.15) is 0 Å². The van der Waals surface area contributed by atoms with Gasteiger partial charge in [0, 0.05) is 17.3 Å². The van der Waals surface area contributed by atoms with Crippen LogP contribution in [0.4, 0.5) is 0 Å². The van der Waals surface area contributed by atoms with Crippen LogP contribution in [0.3, 0.4) is 0 Å². The molecule has 0 radical (unpaired) electrons. The second kappa shape index (κ2) is 10.0. The third-order valence-corrected chi connectivity index (χ3v) is 9.77. The molecular weight excluding hydrogens is 492 g/mol. The maximum absolute atomic E-state index is 2.53. The molecule has 0 aromatic heterocycles. The molecule has 7 rings (SSSR count). The maximum atomic E-state index is 2.53. The predicted octanol–water partition coefficient (Wildman–Crippen LogP) is 10.4. The summed E-state index contributed by atoms with van der Waals surface area (Å²) in [4.78, 5) is 0. The van der Waals surface area contributed by atoms with Crippen LogP contribution >= 0.6 is 0 Å². The Kier molecular flexibility index (Phi) is 6.31. The van der Waals surface area contributed by atoms with Gasteiger partial charge in [0.25, 0.3) is 0 Å². The zero-order valence-electron chi connectivity index (χ0n) is 24.6. The van der Waals surface area contributed by atoms with E-state index in [0.717, 1.165) is 12.8 Å². The highest BCUT2D eigenvalue weighted by molar-refractivity contribution is 5.83. The van der Waals surface area contributed by atoms with Crippen molar-refractivity contribution in [1.82, 2.24) is 0 Å². The Morgan fingerprint density at radius 1 is 0.537 bits per heavy atom. The Hall–Kier alpha value is -4.16. The molecule has 202 valence electrons. The molecule has 2 aliphatic carbocycles. The summed E-state index contributed by atoms with van der Waals surface area (Å²) in [6.45, 7) is 9.15. The molecule has 0 fully saturated rings. The van der Waals surface area contributed by atoms with Gasteiger partial charge >= 0.3 is 0 Å². The van der Waals surface area contributed by atoms with Crippen molar-refractivity contribution >= 4 is 6.08 Å². The van der Waals surface area contributed by atoms with E-state index in [4.69, 9.17) is 0 Å². The van der Waals surface area contributed by atoms with Gasteiger partial charge in [0.15, 0.2) is 0 Å². The van der Waals surface area contributed by atoms with Gasteiger partial charge in [-0.15, -0.1) is 0 Å². The molecule has 1 unspecified atom stereocenters. The third-order valence-electron chi connectivity index (χ3n) is 9.77. The Balaban J connectivity index is 1.66. The van der Waals surface area contributed by atoms with Gasteiger partial charge in [-0.25, -0.2) is 0 Å². The van der Waals surface area contributed by atoms with Crippen molar-refractivity contribution in [2.45, 2.75) is 57.8 Å². The Morgan fingerprint density at radius 3 is 1.59 bits per heavy atom. The predicted molar refractivity (Wildman–Crippen MR) is 174 cm³/mol. The molecule has 1 atom stereocenters. The summed E-state index contributed by atoms with van der Waals surface area (Å²) in [6, 6.07) is 44.4. The second-order valence-electron chi connectivity index (χ2n) is 12.0. The van der Waals surface area contributed by atoms with Gasteiger partial charge in [-0.05, 0) is 82.3 Å². The lowest BCUT2D eigenvalue weighted by atomic mass is 9.54. The molecule has 0 heteroatoms. The largest absolute Gasteiger partial charge is 0.0639 e. The van der Waals surface area contributed by atoms with E-state index in [1.54, 1.807) is 0 Å². The second-order valence-corrected chi connectivity index (χ2v) is 12.0. The highest BCUT2D eigenvalue weighted by Gasteiger charge is 2.54. The summed E-state index contributed by atoms with van der Waals surface area (Å²) in [7, 11) is 0. The fraction of sp³-hybridized carbons (Fsp3) is 0.220. The van der Waals surface area contributed by atoms with Crippen molar-refractivity contribution in [1.29, 1.82) is 0 Å². The van der Waals surface area contributed by atoms with Gasteiger partial charge < -0.3 is 0 Å². The van der Waals surface area contributed by atoms with E-state index < -0.39 is 0 Å². The van der Waals surface area contributed by atoms with Crippen LogP contribution in [0.5, 0.6) is 0 Å². The van der Waals surface area contributed by atoms with E-state index in [1.165, 1.54) is 66.8 Å². The first-order chi connectivity index (χ1) is 20.1. The first kappa shape index (κ1) is 25.8. The van der Waals surface area contributed by atoms with Crippen molar-refractivity contribution in [3.63, 3.8) is 0 Å². The zero-order chi connectivity index (χ0) is 28.1. The van der Waals surface area contributed by atoms with Crippen molar-refractivity contribution in [2.75, 3.05) is 0 Å².